The molecule has 2 heterocycles. The zero-order chi connectivity index (χ0) is 8.55. The molecule has 2 aromatic rings. The number of nitrogens with two attached hydrogens (primary N) is 2. The summed E-state index contributed by atoms with van der Waals surface area (Å²) in [5, 5.41) is 11.0. The molecule has 0 unspecified atom stereocenters. The minimum Gasteiger partial charge on any atom is -0.366 e. The molecule has 0 aliphatic rings. The zero-order valence-electron chi connectivity index (χ0n) is 5.88. The molecule has 4 N–H and O–H groups in total. The van der Waals surface area contributed by atoms with Crippen molar-refractivity contribution >= 4 is 17.5 Å². The van der Waals surface area contributed by atoms with Gasteiger partial charge in [0.15, 0.2) is 5.82 Å². The van der Waals surface area contributed by atoms with Gasteiger partial charge in [0.25, 0.3) is 0 Å². The fourth-order valence-electron chi connectivity index (χ4n) is 0.737. The number of nitrogens with zero attached hydrogens (tertiary/aromatic N) is 5. The van der Waals surface area contributed by atoms with Crippen molar-refractivity contribution in [2.75, 3.05) is 11.6 Å². The molecule has 0 amide bonds. The van der Waals surface area contributed by atoms with E-state index >= 15 is 0 Å². The molecule has 0 atom stereocenters. The summed E-state index contributed by atoms with van der Waals surface area (Å²) in [6, 6.07) is 0. The summed E-state index contributed by atoms with van der Waals surface area (Å²) in [6.07, 6.45) is 1.55. The van der Waals surface area contributed by atoms with Crippen LogP contribution in [0, 0.1) is 0 Å². The first kappa shape index (κ1) is 6.98. The highest BCUT2D eigenvalue weighted by molar-refractivity contribution is 7.09. The molecule has 0 saturated heterocycles. The van der Waals surface area contributed by atoms with Crippen molar-refractivity contribution in [3.05, 3.63) is 6.20 Å². The number of hydrogen-bond donors (Lipinski definition) is 2. The number of aromatic nitrogens is 5. The van der Waals surface area contributed by atoms with Crippen LogP contribution in [0.25, 0.3) is 10.7 Å². The van der Waals surface area contributed by atoms with E-state index in [0.717, 1.165) is 4.88 Å². The molecular weight excluding hydrogens is 178 g/mol. The molecule has 8 heteroatoms. The summed E-state index contributed by atoms with van der Waals surface area (Å²) >= 11 is 1.18. The molecule has 0 radical (unpaired) electrons. The van der Waals surface area contributed by atoms with Gasteiger partial charge in [-0.05, 0) is 11.5 Å². The van der Waals surface area contributed by atoms with Crippen LogP contribution in [0.2, 0.25) is 0 Å². The number of nitrogen functional groups attached to an aromatic ring is 2. The fourth-order valence-corrected chi connectivity index (χ4v) is 1.23. The van der Waals surface area contributed by atoms with E-state index < -0.39 is 0 Å². The third-order valence-corrected chi connectivity index (χ3v) is 1.96. The summed E-state index contributed by atoms with van der Waals surface area (Å²) in [5.74, 6) is 6.15. The van der Waals surface area contributed by atoms with Gasteiger partial charge in [-0.1, -0.05) is 4.49 Å². The monoisotopic (exact) mass is 183 g/mol. The van der Waals surface area contributed by atoms with E-state index in [4.69, 9.17) is 11.6 Å². The quantitative estimate of drug-likeness (QED) is 0.554. The number of rotatable bonds is 1. The Balaban J connectivity index is 2.55. The van der Waals surface area contributed by atoms with E-state index in [1.165, 1.54) is 16.2 Å². The maximum Gasteiger partial charge on any atom is 0.241 e. The van der Waals surface area contributed by atoms with Crippen LogP contribution in [0.5, 0.6) is 0 Å². The predicted molar refractivity (Wildman–Crippen MR) is 43.5 cm³/mol. The lowest BCUT2D eigenvalue weighted by Crippen LogP contribution is -2.12. The molecule has 2 rings (SSSR count). The van der Waals surface area contributed by atoms with Gasteiger partial charge in [0, 0.05) is 0 Å². The van der Waals surface area contributed by atoms with Crippen molar-refractivity contribution in [1.29, 1.82) is 0 Å². The molecule has 0 fully saturated rings. The summed E-state index contributed by atoms with van der Waals surface area (Å²) < 4.78 is 4.85. The average molecular weight is 183 g/mol. The topological polar surface area (TPSA) is 109 Å². The Kier molecular flexibility index (Phi) is 1.40. The molecule has 0 saturated carbocycles. The van der Waals surface area contributed by atoms with E-state index in [0.29, 0.717) is 5.82 Å². The van der Waals surface area contributed by atoms with Crippen molar-refractivity contribution in [1.82, 2.24) is 24.5 Å². The standard InChI is InChI=1S/C4H5N7S/c5-4-9-8-3(11(4)6)2-1-7-10-12-2/h1H,6H2,(H2,5,9). The van der Waals surface area contributed by atoms with Crippen molar-refractivity contribution in [2.45, 2.75) is 0 Å². The zero-order valence-corrected chi connectivity index (χ0v) is 6.69. The summed E-state index contributed by atoms with van der Waals surface area (Å²) in [4.78, 5) is 0.738. The van der Waals surface area contributed by atoms with Crippen LogP contribution in [-0.4, -0.2) is 24.5 Å². The van der Waals surface area contributed by atoms with Gasteiger partial charge in [-0.15, -0.1) is 15.3 Å². The SMILES string of the molecule is Nc1nnc(-c2cnns2)n1N. The molecule has 7 nitrogen and oxygen atoms in total. The average Bonchev–Trinajstić information content (AvgIpc) is 2.64. The lowest BCUT2D eigenvalue weighted by Gasteiger charge is -1.94. The molecule has 0 aliphatic heterocycles. The molecule has 0 spiro atoms. The Morgan fingerprint density at radius 1 is 1.42 bits per heavy atom. The van der Waals surface area contributed by atoms with Crippen LogP contribution in [0.4, 0.5) is 5.95 Å². The van der Waals surface area contributed by atoms with E-state index in [1.807, 2.05) is 0 Å². The number of hydrogen-bond acceptors (Lipinski definition) is 7. The Morgan fingerprint density at radius 2 is 2.25 bits per heavy atom. The van der Waals surface area contributed by atoms with Gasteiger partial charge in [0.05, 0.1) is 6.20 Å². The molecule has 12 heavy (non-hydrogen) atoms. The van der Waals surface area contributed by atoms with Gasteiger partial charge >= 0.3 is 0 Å². The fraction of sp³-hybridized carbons (Fsp3) is 0. The highest BCUT2D eigenvalue weighted by Crippen LogP contribution is 2.18. The minimum absolute atomic E-state index is 0.165. The largest absolute Gasteiger partial charge is 0.366 e. The van der Waals surface area contributed by atoms with Crippen LogP contribution in [-0.2, 0) is 0 Å². The van der Waals surface area contributed by atoms with Crippen LogP contribution in [0.15, 0.2) is 6.20 Å². The third-order valence-electron chi connectivity index (χ3n) is 1.30. The molecule has 62 valence electrons. The van der Waals surface area contributed by atoms with E-state index in [2.05, 4.69) is 19.8 Å². The molecule has 2 aromatic heterocycles. The second kappa shape index (κ2) is 2.41. The van der Waals surface area contributed by atoms with Crippen LogP contribution >= 0.6 is 11.5 Å². The molecular formula is C4H5N7S. The minimum atomic E-state index is 0.165. The molecule has 0 aliphatic carbocycles. The normalized spacial score (nSPS) is 10.3. The summed E-state index contributed by atoms with van der Waals surface area (Å²) in [7, 11) is 0. The lowest BCUT2D eigenvalue weighted by atomic mass is 10.5. The van der Waals surface area contributed by atoms with E-state index in [-0.39, 0.29) is 5.95 Å². The first-order valence-corrected chi connectivity index (χ1v) is 3.80. The Hall–Kier alpha value is -1.70. The predicted octanol–water partition coefficient (Wildman–Crippen LogP) is -0.907. The first-order chi connectivity index (χ1) is 5.79. The highest BCUT2D eigenvalue weighted by Gasteiger charge is 2.10. The van der Waals surface area contributed by atoms with Gasteiger partial charge in [0.2, 0.25) is 5.95 Å². The van der Waals surface area contributed by atoms with Gasteiger partial charge in [-0.2, -0.15) is 0 Å². The van der Waals surface area contributed by atoms with Crippen molar-refractivity contribution in [3.8, 4) is 10.7 Å². The second-order valence-electron chi connectivity index (χ2n) is 2.03. The first-order valence-electron chi connectivity index (χ1n) is 3.02. The van der Waals surface area contributed by atoms with Crippen molar-refractivity contribution in [2.24, 2.45) is 0 Å². The van der Waals surface area contributed by atoms with Gasteiger partial charge in [-0.3, -0.25) is 0 Å². The summed E-state index contributed by atoms with van der Waals surface area (Å²) in [5.41, 5.74) is 5.37. The van der Waals surface area contributed by atoms with E-state index in [1.54, 1.807) is 6.20 Å². The number of anilines is 1. The maximum atomic E-state index is 5.51. The van der Waals surface area contributed by atoms with Crippen LogP contribution < -0.4 is 11.6 Å². The lowest BCUT2D eigenvalue weighted by molar-refractivity contribution is 1.02. The molecule has 0 aromatic carbocycles. The van der Waals surface area contributed by atoms with Crippen LogP contribution in [0.3, 0.4) is 0 Å². The van der Waals surface area contributed by atoms with E-state index in [9.17, 15) is 0 Å². The van der Waals surface area contributed by atoms with Gasteiger partial charge < -0.3 is 11.6 Å². The third kappa shape index (κ3) is 0.889. The Morgan fingerprint density at radius 3 is 2.75 bits per heavy atom. The van der Waals surface area contributed by atoms with Crippen LogP contribution in [0.1, 0.15) is 0 Å². The smallest absolute Gasteiger partial charge is 0.241 e. The Labute approximate surface area is 71.2 Å². The highest BCUT2D eigenvalue weighted by atomic mass is 32.1. The summed E-state index contributed by atoms with van der Waals surface area (Å²) in [6.45, 7) is 0. The maximum absolute atomic E-state index is 5.51. The molecule has 0 bridgehead atoms. The second-order valence-corrected chi connectivity index (χ2v) is 2.82. The van der Waals surface area contributed by atoms with Crippen molar-refractivity contribution < 1.29 is 0 Å². The van der Waals surface area contributed by atoms with Crippen molar-refractivity contribution in [3.63, 3.8) is 0 Å². The van der Waals surface area contributed by atoms with Gasteiger partial charge in [0.1, 0.15) is 4.88 Å². The van der Waals surface area contributed by atoms with Gasteiger partial charge in [-0.25, -0.2) is 4.68 Å². The Bertz CT molecular complexity index is 376.